The molecule has 1 heterocycles. The molecule has 0 fully saturated rings. The summed E-state index contributed by atoms with van der Waals surface area (Å²) in [5.74, 6) is 0.762. The number of aryl methyl sites for hydroxylation is 1. The number of aromatic nitrogens is 2. The van der Waals surface area contributed by atoms with Gasteiger partial charge in [0.2, 0.25) is 0 Å². The maximum atomic E-state index is 11.2. The molecule has 1 rings (SSSR count). The largest absolute Gasteiger partial charge is 0.294 e. The highest BCUT2D eigenvalue weighted by Gasteiger charge is 2.09. The molecule has 0 atom stereocenters. The van der Waals surface area contributed by atoms with Crippen LogP contribution in [0, 0.1) is 12.8 Å². The van der Waals surface area contributed by atoms with Gasteiger partial charge < -0.3 is 0 Å². The Morgan fingerprint density at radius 1 is 1.57 bits per heavy atom. The number of carbonyl (C=O) groups is 1. The molecule has 0 radical (unpaired) electrons. The van der Waals surface area contributed by atoms with E-state index >= 15 is 0 Å². The number of nitrogens with zero attached hydrogens (tertiary/aromatic N) is 2. The topological polar surface area (TPSA) is 34.9 Å². The van der Waals surface area contributed by atoms with Crippen LogP contribution in [0.15, 0.2) is 6.20 Å². The first-order valence-electron chi connectivity index (χ1n) is 5.05. The molecule has 0 aliphatic rings. The van der Waals surface area contributed by atoms with E-state index in [1.54, 1.807) is 13.1 Å². The van der Waals surface area contributed by atoms with E-state index in [2.05, 4.69) is 18.9 Å². The first kappa shape index (κ1) is 11.0. The van der Waals surface area contributed by atoms with Crippen molar-refractivity contribution in [2.24, 2.45) is 5.92 Å². The maximum absolute atomic E-state index is 11.2. The molecule has 1 aromatic rings. The zero-order valence-electron chi connectivity index (χ0n) is 9.37. The van der Waals surface area contributed by atoms with Crippen molar-refractivity contribution in [1.82, 2.24) is 9.78 Å². The second-order valence-electron chi connectivity index (χ2n) is 4.11. The minimum atomic E-state index is 0.0956. The van der Waals surface area contributed by atoms with Gasteiger partial charge in [0, 0.05) is 12.2 Å². The molecule has 3 heteroatoms. The monoisotopic (exact) mass is 194 g/mol. The minimum absolute atomic E-state index is 0.0956. The number of Topliss-reactive ketones (excluding diaryl/α,β-unsaturated/α-hetero) is 1. The zero-order chi connectivity index (χ0) is 10.7. The summed E-state index contributed by atoms with van der Waals surface area (Å²) in [5, 5.41) is 4.20. The summed E-state index contributed by atoms with van der Waals surface area (Å²) >= 11 is 0. The molecule has 0 N–H and O–H groups in total. The third kappa shape index (κ3) is 2.44. The smallest absolute Gasteiger partial charge is 0.163 e. The number of hydrogen-bond acceptors (Lipinski definition) is 2. The van der Waals surface area contributed by atoms with Crippen molar-refractivity contribution in [3.05, 3.63) is 17.5 Å². The molecule has 1 aromatic heterocycles. The molecule has 0 bridgehead atoms. The van der Waals surface area contributed by atoms with E-state index in [-0.39, 0.29) is 5.78 Å². The molecule has 3 nitrogen and oxygen atoms in total. The average Bonchev–Trinajstić information content (AvgIpc) is 2.43. The predicted molar refractivity (Wildman–Crippen MR) is 56.4 cm³/mol. The van der Waals surface area contributed by atoms with Crippen molar-refractivity contribution in [3.8, 4) is 0 Å². The lowest BCUT2D eigenvalue weighted by Gasteiger charge is -2.06. The van der Waals surface area contributed by atoms with Gasteiger partial charge in [0.05, 0.1) is 11.8 Å². The van der Waals surface area contributed by atoms with Gasteiger partial charge in [-0.3, -0.25) is 9.48 Å². The Morgan fingerprint density at radius 3 is 2.64 bits per heavy atom. The summed E-state index contributed by atoms with van der Waals surface area (Å²) in [6, 6.07) is 0. The van der Waals surface area contributed by atoms with Gasteiger partial charge >= 0.3 is 0 Å². The van der Waals surface area contributed by atoms with E-state index in [0.717, 1.165) is 24.2 Å². The van der Waals surface area contributed by atoms with E-state index in [1.165, 1.54) is 0 Å². The fourth-order valence-electron chi connectivity index (χ4n) is 1.40. The molecule has 0 saturated carbocycles. The Hall–Kier alpha value is -1.12. The molecular weight excluding hydrogens is 176 g/mol. The van der Waals surface area contributed by atoms with Gasteiger partial charge in [0.15, 0.2) is 5.78 Å². The fraction of sp³-hybridized carbons (Fsp3) is 0.636. The highest BCUT2D eigenvalue weighted by Crippen LogP contribution is 2.10. The van der Waals surface area contributed by atoms with Gasteiger partial charge in [-0.05, 0) is 26.2 Å². The zero-order valence-corrected chi connectivity index (χ0v) is 9.37. The van der Waals surface area contributed by atoms with Crippen LogP contribution in [0.4, 0.5) is 0 Å². The summed E-state index contributed by atoms with van der Waals surface area (Å²) in [6.07, 6.45) is 2.76. The van der Waals surface area contributed by atoms with Crippen LogP contribution in [-0.2, 0) is 6.54 Å². The van der Waals surface area contributed by atoms with Crippen molar-refractivity contribution in [3.63, 3.8) is 0 Å². The first-order chi connectivity index (χ1) is 6.52. The van der Waals surface area contributed by atoms with E-state index in [9.17, 15) is 4.79 Å². The summed E-state index contributed by atoms with van der Waals surface area (Å²) in [4.78, 5) is 11.2. The third-order valence-electron chi connectivity index (χ3n) is 2.40. The van der Waals surface area contributed by atoms with Crippen LogP contribution < -0.4 is 0 Å². The molecule has 0 unspecified atom stereocenters. The second-order valence-corrected chi connectivity index (χ2v) is 4.11. The van der Waals surface area contributed by atoms with Crippen LogP contribution in [0.3, 0.4) is 0 Å². The Bertz CT molecular complexity index is 326. The molecule has 0 aliphatic carbocycles. The van der Waals surface area contributed by atoms with Crippen LogP contribution in [0.1, 0.15) is 43.2 Å². The van der Waals surface area contributed by atoms with Crippen molar-refractivity contribution >= 4 is 5.78 Å². The van der Waals surface area contributed by atoms with Crippen LogP contribution in [0.5, 0.6) is 0 Å². The van der Waals surface area contributed by atoms with Gasteiger partial charge in [-0.2, -0.15) is 5.10 Å². The van der Waals surface area contributed by atoms with Gasteiger partial charge in [-0.15, -0.1) is 0 Å². The van der Waals surface area contributed by atoms with Crippen LogP contribution in [0.2, 0.25) is 0 Å². The second kappa shape index (κ2) is 4.40. The summed E-state index contributed by atoms with van der Waals surface area (Å²) in [6.45, 7) is 8.80. The summed E-state index contributed by atoms with van der Waals surface area (Å²) in [7, 11) is 0. The summed E-state index contributed by atoms with van der Waals surface area (Å²) in [5.41, 5.74) is 1.73. The summed E-state index contributed by atoms with van der Waals surface area (Å²) < 4.78 is 1.91. The van der Waals surface area contributed by atoms with Crippen LogP contribution in [-0.4, -0.2) is 15.6 Å². The van der Waals surface area contributed by atoms with Crippen LogP contribution >= 0.6 is 0 Å². The van der Waals surface area contributed by atoms with Gasteiger partial charge in [-0.25, -0.2) is 0 Å². The number of ketones is 1. The number of carbonyl (C=O) groups excluding carboxylic acids is 1. The van der Waals surface area contributed by atoms with E-state index in [4.69, 9.17) is 0 Å². The molecule has 14 heavy (non-hydrogen) atoms. The third-order valence-corrected chi connectivity index (χ3v) is 2.40. The molecule has 0 spiro atoms. The quantitative estimate of drug-likeness (QED) is 0.690. The van der Waals surface area contributed by atoms with E-state index < -0.39 is 0 Å². The van der Waals surface area contributed by atoms with Gasteiger partial charge in [0.1, 0.15) is 0 Å². The Kier molecular flexibility index (Phi) is 3.44. The van der Waals surface area contributed by atoms with Gasteiger partial charge in [0.25, 0.3) is 0 Å². The SMILES string of the molecule is CC(=O)c1cnn(CCC(C)C)c1C. The molecule has 0 amide bonds. The molecule has 0 aliphatic heterocycles. The standard InChI is InChI=1S/C11H18N2O/c1-8(2)5-6-13-9(3)11(7-12-13)10(4)14/h7-8H,5-6H2,1-4H3. The minimum Gasteiger partial charge on any atom is -0.294 e. The Labute approximate surface area is 85.1 Å². The Morgan fingerprint density at radius 2 is 2.21 bits per heavy atom. The highest BCUT2D eigenvalue weighted by molar-refractivity contribution is 5.94. The Balaban J connectivity index is 2.74. The molecule has 0 aromatic carbocycles. The first-order valence-corrected chi connectivity index (χ1v) is 5.05. The van der Waals surface area contributed by atoms with Crippen LogP contribution in [0.25, 0.3) is 0 Å². The highest BCUT2D eigenvalue weighted by atomic mass is 16.1. The predicted octanol–water partition coefficient (Wildman–Crippen LogP) is 2.44. The number of hydrogen-bond donors (Lipinski definition) is 0. The normalized spacial score (nSPS) is 10.9. The van der Waals surface area contributed by atoms with E-state index in [0.29, 0.717) is 5.92 Å². The lowest BCUT2D eigenvalue weighted by atomic mass is 10.1. The molecular formula is C11H18N2O. The van der Waals surface area contributed by atoms with Crippen molar-refractivity contribution in [1.29, 1.82) is 0 Å². The van der Waals surface area contributed by atoms with Crippen molar-refractivity contribution in [2.75, 3.05) is 0 Å². The molecule has 78 valence electrons. The fourth-order valence-corrected chi connectivity index (χ4v) is 1.40. The van der Waals surface area contributed by atoms with Crippen molar-refractivity contribution < 1.29 is 4.79 Å². The lowest BCUT2D eigenvalue weighted by molar-refractivity contribution is 0.101. The number of rotatable bonds is 4. The average molecular weight is 194 g/mol. The van der Waals surface area contributed by atoms with Gasteiger partial charge in [-0.1, -0.05) is 13.8 Å². The van der Waals surface area contributed by atoms with Crippen molar-refractivity contribution in [2.45, 2.75) is 40.7 Å². The molecule has 0 saturated heterocycles. The lowest BCUT2D eigenvalue weighted by Crippen LogP contribution is -2.06. The maximum Gasteiger partial charge on any atom is 0.163 e. The van der Waals surface area contributed by atoms with E-state index in [1.807, 2.05) is 11.6 Å².